The molecular formula is C23H33N3O9. The fourth-order valence-electron chi connectivity index (χ4n) is 2.84. The molecule has 1 aromatic heterocycles. The van der Waals surface area contributed by atoms with Crippen molar-refractivity contribution in [2.24, 2.45) is 5.16 Å². The highest BCUT2D eigenvalue weighted by Crippen LogP contribution is 2.18. The Bertz CT molecular complexity index is 1020. The molecule has 0 spiro atoms. The van der Waals surface area contributed by atoms with Crippen molar-refractivity contribution in [2.75, 3.05) is 13.2 Å². The van der Waals surface area contributed by atoms with E-state index in [-0.39, 0.29) is 12.1 Å². The van der Waals surface area contributed by atoms with Crippen molar-refractivity contribution in [1.29, 1.82) is 0 Å². The van der Waals surface area contributed by atoms with Crippen molar-refractivity contribution in [3.8, 4) is 0 Å². The van der Waals surface area contributed by atoms with Gasteiger partial charge in [-0.1, -0.05) is 23.4 Å². The van der Waals surface area contributed by atoms with Crippen LogP contribution in [-0.2, 0) is 19.2 Å². The van der Waals surface area contributed by atoms with E-state index < -0.39 is 42.5 Å². The Hall–Kier alpha value is -3.48. The van der Waals surface area contributed by atoms with E-state index in [2.05, 4.69) is 36.2 Å². The van der Waals surface area contributed by atoms with Gasteiger partial charge >= 0.3 is 17.9 Å². The maximum Gasteiger partial charge on any atom is 0.336 e. The average Bonchev–Trinajstić information content (AvgIpc) is 3.15. The number of aromatic nitrogens is 1. The van der Waals surface area contributed by atoms with Crippen LogP contribution < -0.4 is 5.32 Å². The van der Waals surface area contributed by atoms with Crippen molar-refractivity contribution in [1.82, 2.24) is 10.3 Å². The van der Waals surface area contributed by atoms with E-state index in [4.69, 9.17) is 25.3 Å². The van der Waals surface area contributed by atoms with E-state index in [0.29, 0.717) is 6.54 Å². The fraction of sp³-hybridized carbons (Fsp3) is 0.478. The first kappa shape index (κ1) is 29.6. The van der Waals surface area contributed by atoms with E-state index in [0.717, 1.165) is 22.2 Å². The first-order valence-corrected chi connectivity index (χ1v) is 10.7. The molecule has 0 saturated heterocycles. The number of hydrogen-bond donors (Lipinski definition) is 7. The van der Waals surface area contributed by atoms with Gasteiger partial charge in [-0.2, -0.15) is 0 Å². The molecule has 7 N–H and O–H groups in total. The van der Waals surface area contributed by atoms with Gasteiger partial charge in [-0.05, 0) is 33.8 Å². The molecule has 1 aromatic carbocycles. The number of para-hydroxylation sites is 1. The van der Waals surface area contributed by atoms with Gasteiger partial charge in [0.1, 0.15) is 12.7 Å². The minimum absolute atomic E-state index is 0.0236. The quantitative estimate of drug-likeness (QED) is 0.176. The van der Waals surface area contributed by atoms with Crippen LogP contribution in [0.4, 0.5) is 0 Å². The SMILES string of the molecule is C/C(=N\OCC(O)CNC(C)(C)C)c1c[nH]c2ccccc12.O=C(O)CC(O)(CC(=O)O)C(=O)O. The number of H-pyrrole nitrogens is 1. The van der Waals surface area contributed by atoms with Gasteiger partial charge in [0.2, 0.25) is 0 Å². The number of aliphatic carboxylic acids is 3. The Labute approximate surface area is 202 Å². The molecule has 194 valence electrons. The number of oxime groups is 1. The van der Waals surface area contributed by atoms with Gasteiger partial charge in [0.15, 0.2) is 5.60 Å². The number of carbonyl (C=O) groups is 3. The average molecular weight is 496 g/mol. The van der Waals surface area contributed by atoms with Crippen molar-refractivity contribution >= 4 is 34.5 Å². The van der Waals surface area contributed by atoms with Gasteiger partial charge in [0, 0.05) is 34.7 Å². The summed E-state index contributed by atoms with van der Waals surface area (Å²) in [5, 5.41) is 52.1. The summed E-state index contributed by atoms with van der Waals surface area (Å²) in [5.74, 6) is -5.02. The van der Waals surface area contributed by atoms with Crippen LogP contribution in [0.5, 0.6) is 0 Å². The molecule has 0 radical (unpaired) electrons. The van der Waals surface area contributed by atoms with E-state index in [9.17, 15) is 19.5 Å². The molecule has 2 rings (SSSR count). The maximum absolute atomic E-state index is 10.3. The Morgan fingerprint density at radius 1 is 1.09 bits per heavy atom. The summed E-state index contributed by atoms with van der Waals surface area (Å²) in [4.78, 5) is 39.0. The van der Waals surface area contributed by atoms with E-state index in [1.54, 1.807) is 0 Å². The first-order valence-electron chi connectivity index (χ1n) is 10.7. The second-order valence-electron chi connectivity index (χ2n) is 8.98. The molecule has 0 bridgehead atoms. The third kappa shape index (κ3) is 10.5. The molecule has 12 nitrogen and oxygen atoms in total. The second kappa shape index (κ2) is 12.8. The largest absolute Gasteiger partial charge is 0.481 e. The molecular weight excluding hydrogens is 462 g/mol. The summed E-state index contributed by atoms with van der Waals surface area (Å²) in [6.07, 6.45) is -0.952. The Morgan fingerprint density at radius 3 is 2.17 bits per heavy atom. The Kier molecular flexibility index (Phi) is 10.8. The molecule has 0 fully saturated rings. The van der Waals surface area contributed by atoms with Gasteiger partial charge in [-0.15, -0.1) is 0 Å². The normalized spacial score (nSPS) is 13.0. The predicted octanol–water partition coefficient (Wildman–Crippen LogP) is 1.41. The van der Waals surface area contributed by atoms with Gasteiger partial charge in [0.05, 0.1) is 18.6 Å². The lowest BCUT2D eigenvalue weighted by atomic mass is 9.96. The summed E-state index contributed by atoms with van der Waals surface area (Å²) >= 11 is 0. The number of carboxylic acid groups (broad SMARTS) is 3. The molecule has 1 unspecified atom stereocenters. The van der Waals surface area contributed by atoms with Crippen LogP contribution in [0.25, 0.3) is 10.9 Å². The third-order valence-corrected chi connectivity index (χ3v) is 4.60. The number of nitrogens with one attached hydrogen (secondary N) is 2. The number of rotatable bonds is 11. The lowest BCUT2D eigenvalue weighted by molar-refractivity contribution is -0.170. The van der Waals surface area contributed by atoms with Gasteiger partial charge in [-0.25, -0.2) is 4.79 Å². The second-order valence-corrected chi connectivity index (χ2v) is 8.98. The number of carboxylic acids is 3. The number of benzene rings is 1. The summed E-state index contributed by atoms with van der Waals surface area (Å²) < 4.78 is 0. The molecule has 0 aliphatic heterocycles. The molecule has 2 aromatic rings. The number of aliphatic hydroxyl groups is 2. The Balaban J connectivity index is 0.000000405. The van der Waals surface area contributed by atoms with Crippen LogP contribution in [0.3, 0.4) is 0 Å². The van der Waals surface area contributed by atoms with Crippen molar-refractivity contribution in [3.63, 3.8) is 0 Å². The number of fused-ring (bicyclic) bond motifs is 1. The van der Waals surface area contributed by atoms with Crippen molar-refractivity contribution in [3.05, 3.63) is 36.0 Å². The van der Waals surface area contributed by atoms with Crippen molar-refractivity contribution < 1.29 is 44.8 Å². The van der Waals surface area contributed by atoms with Crippen LogP contribution in [0, 0.1) is 0 Å². The Morgan fingerprint density at radius 2 is 1.66 bits per heavy atom. The monoisotopic (exact) mass is 495 g/mol. The molecule has 35 heavy (non-hydrogen) atoms. The highest BCUT2D eigenvalue weighted by atomic mass is 16.6. The van der Waals surface area contributed by atoms with Crippen LogP contribution in [0.15, 0.2) is 35.6 Å². The molecule has 0 aliphatic carbocycles. The number of β-amino-alcohol motifs (C(OH)–C–C–N with tert-alkyl or cyclic N) is 1. The molecule has 12 heteroatoms. The number of aliphatic hydroxyl groups excluding tert-OH is 1. The number of hydrogen-bond acceptors (Lipinski definition) is 8. The van der Waals surface area contributed by atoms with Crippen molar-refractivity contribution in [2.45, 2.75) is 57.8 Å². The summed E-state index contributed by atoms with van der Waals surface area (Å²) in [7, 11) is 0. The topological polar surface area (TPSA) is 202 Å². The zero-order valence-corrected chi connectivity index (χ0v) is 20.1. The maximum atomic E-state index is 10.3. The highest BCUT2D eigenvalue weighted by Gasteiger charge is 2.40. The van der Waals surface area contributed by atoms with Gasteiger partial charge in [0.25, 0.3) is 0 Å². The van der Waals surface area contributed by atoms with Crippen LogP contribution in [0.2, 0.25) is 0 Å². The van der Waals surface area contributed by atoms with Gasteiger partial charge < -0.3 is 40.7 Å². The highest BCUT2D eigenvalue weighted by molar-refractivity contribution is 6.09. The predicted molar refractivity (Wildman–Crippen MR) is 127 cm³/mol. The molecule has 0 amide bonds. The van der Waals surface area contributed by atoms with E-state index in [1.807, 2.05) is 37.4 Å². The summed E-state index contributed by atoms with van der Waals surface area (Å²) in [6, 6.07) is 8.05. The fourth-order valence-corrected chi connectivity index (χ4v) is 2.84. The number of nitrogens with zero attached hydrogens (tertiary/aromatic N) is 1. The van der Waals surface area contributed by atoms with E-state index in [1.165, 1.54) is 0 Å². The molecule has 0 aliphatic rings. The van der Waals surface area contributed by atoms with Gasteiger partial charge in [-0.3, -0.25) is 9.59 Å². The number of aromatic amines is 1. The molecule has 1 atom stereocenters. The van der Waals surface area contributed by atoms with Crippen LogP contribution in [-0.4, -0.2) is 84.5 Å². The lowest BCUT2D eigenvalue weighted by Crippen LogP contribution is -2.42. The smallest absolute Gasteiger partial charge is 0.336 e. The zero-order valence-electron chi connectivity index (χ0n) is 20.1. The van der Waals surface area contributed by atoms with Crippen LogP contribution in [0.1, 0.15) is 46.1 Å². The molecule has 1 heterocycles. The first-order chi connectivity index (χ1) is 16.1. The lowest BCUT2D eigenvalue weighted by Gasteiger charge is -2.22. The minimum atomic E-state index is -2.74. The molecule has 0 saturated carbocycles. The van der Waals surface area contributed by atoms with Crippen LogP contribution >= 0.6 is 0 Å². The summed E-state index contributed by atoms with van der Waals surface area (Å²) in [6.45, 7) is 8.71. The summed E-state index contributed by atoms with van der Waals surface area (Å²) in [5.41, 5.74) is 0.106. The zero-order chi connectivity index (χ0) is 26.8. The third-order valence-electron chi connectivity index (χ3n) is 4.60. The standard InChI is InChI=1S/C17H25N3O2.C6H8O7/c1-12(15-10-18-16-8-6-5-7-14(15)16)20-22-11-13(21)9-19-17(2,3)4;7-3(8)1-6(13,5(11)12)2-4(9)10/h5-8,10,13,18-19,21H,9,11H2,1-4H3;13H,1-2H2,(H,7,8)(H,9,10)(H,11,12)/b20-12+;. The minimum Gasteiger partial charge on any atom is -0.481 e. The van der Waals surface area contributed by atoms with E-state index >= 15 is 0 Å².